The van der Waals surface area contributed by atoms with Gasteiger partial charge in [-0.2, -0.15) is 5.10 Å². The lowest BCUT2D eigenvalue weighted by molar-refractivity contribution is 0.0953. The molecule has 158 valence electrons. The van der Waals surface area contributed by atoms with Crippen molar-refractivity contribution in [3.05, 3.63) is 87.3 Å². The molecule has 1 aliphatic carbocycles. The van der Waals surface area contributed by atoms with Gasteiger partial charge in [-0.3, -0.25) is 9.59 Å². The Bertz CT molecular complexity index is 1180. The molecule has 0 bridgehead atoms. The number of hydrazone groups is 1. The van der Waals surface area contributed by atoms with Gasteiger partial charge in [0, 0.05) is 33.8 Å². The number of carbonyl (C=O) groups excluding carboxylic acids is 2. The molecule has 31 heavy (non-hydrogen) atoms. The van der Waals surface area contributed by atoms with Crippen molar-refractivity contribution in [1.82, 2.24) is 5.43 Å². The summed E-state index contributed by atoms with van der Waals surface area (Å²) in [5.41, 5.74) is 7.06. The third kappa shape index (κ3) is 4.54. The minimum absolute atomic E-state index is 0.240. The van der Waals surface area contributed by atoms with Crippen LogP contribution in [-0.2, 0) is 6.42 Å². The molecule has 1 aromatic heterocycles. The number of hydrogen-bond donors (Lipinski definition) is 2. The van der Waals surface area contributed by atoms with Gasteiger partial charge >= 0.3 is 0 Å². The molecular formula is C24H22ClN3O3. The maximum absolute atomic E-state index is 12.8. The number of amides is 2. The molecule has 0 saturated heterocycles. The van der Waals surface area contributed by atoms with Gasteiger partial charge in [-0.15, -0.1) is 0 Å². The molecule has 2 N–H and O–H groups in total. The Morgan fingerprint density at radius 2 is 1.81 bits per heavy atom. The first-order valence-electron chi connectivity index (χ1n) is 10.1. The van der Waals surface area contributed by atoms with Crippen LogP contribution >= 0.6 is 11.6 Å². The number of nitrogens with zero attached hydrogens (tertiary/aromatic N) is 1. The summed E-state index contributed by atoms with van der Waals surface area (Å²) in [6.45, 7) is 3.80. The van der Waals surface area contributed by atoms with E-state index >= 15 is 0 Å². The van der Waals surface area contributed by atoms with E-state index in [0.717, 1.165) is 17.5 Å². The molecule has 2 amide bonds. The first-order chi connectivity index (χ1) is 14.9. The van der Waals surface area contributed by atoms with Crippen LogP contribution < -0.4 is 10.7 Å². The topological polar surface area (TPSA) is 83.7 Å². The van der Waals surface area contributed by atoms with E-state index in [4.69, 9.17) is 16.0 Å². The number of rotatable bonds is 4. The fraction of sp³-hybridized carbons (Fsp3) is 0.208. The largest absolute Gasteiger partial charge is 0.455 e. The molecule has 1 aliphatic rings. The Kier molecular flexibility index (Phi) is 5.91. The molecule has 4 rings (SSSR count). The summed E-state index contributed by atoms with van der Waals surface area (Å²) in [6.07, 6.45) is 2.23. The molecule has 0 aliphatic heterocycles. The molecule has 1 heterocycles. The van der Waals surface area contributed by atoms with Crippen molar-refractivity contribution >= 4 is 34.8 Å². The fourth-order valence-electron chi connectivity index (χ4n) is 3.64. The van der Waals surface area contributed by atoms with Gasteiger partial charge in [-0.25, -0.2) is 5.43 Å². The van der Waals surface area contributed by atoms with Crippen LogP contribution in [0, 0.1) is 13.8 Å². The third-order valence-electron chi connectivity index (χ3n) is 5.22. The molecular weight excluding hydrogens is 414 g/mol. The lowest BCUT2D eigenvalue weighted by Gasteiger charge is -2.13. The second-order valence-corrected chi connectivity index (χ2v) is 7.97. The van der Waals surface area contributed by atoms with Crippen LogP contribution in [0.25, 0.3) is 0 Å². The average Bonchev–Trinajstić information content (AvgIpc) is 3.10. The highest BCUT2D eigenvalue weighted by molar-refractivity contribution is 6.31. The number of fused-ring (bicyclic) bond motifs is 1. The van der Waals surface area contributed by atoms with Crippen LogP contribution in [0.15, 0.2) is 58.0 Å². The van der Waals surface area contributed by atoms with Crippen LogP contribution in [-0.4, -0.2) is 17.5 Å². The fourth-order valence-corrected chi connectivity index (χ4v) is 3.83. The summed E-state index contributed by atoms with van der Waals surface area (Å²) in [7, 11) is 0. The number of hydrogen-bond acceptors (Lipinski definition) is 4. The summed E-state index contributed by atoms with van der Waals surface area (Å²) in [6, 6.07) is 14.2. The molecule has 6 nitrogen and oxygen atoms in total. The van der Waals surface area contributed by atoms with E-state index in [0.29, 0.717) is 46.2 Å². The van der Waals surface area contributed by atoms with Crippen molar-refractivity contribution < 1.29 is 14.0 Å². The van der Waals surface area contributed by atoms with E-state index in [1.54, 1.807) is 36.4 Å². The normalized spacial score (nSPS) is 14.2. The number of furan rings is 1. The van der Waals surface area contributed by atoms with Crippen LogP contribution in [0.4, 0.5) is 5.69 Å². The Morgan fingerprint density at radius 3 is 2.55 bits per heavy atom. The van der Waals surface area contributed by atoms with Gasteiger partial charge in [0.1, 0.15) is 5.76 Å². The van der Waals surface area contributed by atoms with Crippen LogP contribution in [0.2, 0.25) is 5.02 Å². The second-order valence-electron chi connectivity index (χ2n) is 7.54. The molecule has 3 aromatic rings. The summed E-state index contributed by atoms with van der Waals surface area (Å²) in [4.78, 5) is 25.2. The van der Waals surface area contributed by atoms with Crippen LogP contribution in [0.3, 0.4) is 0 Å². The number of carbonyl (C=O) groups is 2. The number of aryl methyl sites for hydroxylation is 2. The summed E-state index contributed by atoms with van der Waals surface area (Å²) < 4.78 is 5.90. The average molecular weight is 436 g/mol. The number of nitrogens with one attached hydrogen (secondary N) is 2. The number of benzene rings is 2. The van der Waals surface area contributed by atoms with Crippen molar-refractivity contribution in [2.24, 2.45) is 5.10 Å². The highest BCUT2D eigenvalue weighted by atomic mass is 35.5. The zero-order valence-electron chi connectivity index (χ0n) is 17.3. The summed E-state index contributed by atoms with van der Waals surface area (Å²) >= 11 is 5.99. The predicted molar refractivity (Wildman–Crippen MR) is 121 cm³/mol. The Morgan fingerprint density at radius 1 is 1.03 bits per heavy atom. The molecule has 0 fully saturated rings. The van der Waals surface area contributed by atoms with E-state index in [2.05, 4.69) is 15.8 Å². The lowest BCUT2D eigenvalue weighted by atomic mass is 9.93. The van der Waals surface area contributed by atoms with E-state index in [1.807, 2.05) is 26.0 Å². The standard InChI is InChI=1S/C24H22ClN3O3/c1-14-9-11-16(12-10-14)23(29)28-27-19-7-4-8-20-21(19)15(2)22(31-20)24(30)26-18-6-3-5-17(25)13-18/h3,5-6,9-13H,4,7-8H2,1-2H3,(H,26,30)(H,28,29)/b27-19+. The van der Waals surface area contributed by atoms with Gasteiger partial charge in [-0.1, -0.05) is 35.4 Å². The Hall–Kier alpha value is -3.38. The maximum atomic E-state index is 12.8. The van der Waals surface area contributed by atoms with E-state index in [1.165, 1.54) is 0 Å². The smallest absolute Gasteiger partial charge is 0.291 e. The Labute approximate surface area is 185 Å². The molecule has 7 heteroatoms. The first kappa shape index (κ1) is 20.9. The van der Waals surface area contributed by atoms with Crippen LogP contribution in [0.1, 0.15) is 56.2 Å². The maximum Gasteiger partial charge on any atom is 0.291 e. The van der Waals surface area contributed by atoms with Gasteiger partial charge in [0.25, 0.3) is 11.8 Å². The zero-order valence-corrected chi connectivity index (χ0v) is 18.0. The molecule has 0 atom stereocenters. The molecule has 0 unspecified atom stereocenters. The predicted octanol–water partition coefficient (Wildman–Crippen LogP) is 5.27. The van der Waals surface area contributed by atoms with E-state index in [-0.39, 0.29) is 17.6 Å². The Balaban J connectivity index is 1.56. The van der Waals surface area contributed by atoms with Crippen molar-refractivity contribution in [2.45, 2.75) is 33.1 Å². The minimum Gasteiger partial charge on any atom is -0.455 e. The van der Waals surface area contributed by atoms with Crippen molar-refractivity contribution in [3.63, 3.8) is 0 Å². The number of anilines is 1. The molecule has 2 aromatic carbocycles. The molecule has 0 radical (unpaired) electrons. The van der Waals surface area contributed by atoms with Gasteiger partial charge < -0.3 is 9.73 Å². The highest BCUT2D eigenvalue weighted by Crippen LogP contribution is 2.30. The van der Waals surface area contributed by atoms with E-state index in [9.17, 15) is 9.59 Å². The van der Waals surface area contributed by atoms with Crippen molar-refractivity contribution in [2.75, 3.05) is 5.32 Å². The lowest BCUT2D eigenvalue weighted by Crippen LogP contribution is -2.22. The summed E-state index contributed by atoms with van der Waals surface area (Å²) in [5, 5.41) is 7.71. The zero-order chi connectivity index (χ0) is 22.0. The van der Waals surface area contributed by atoms with Gasteiger partial charge in [0.15, 0.2) is 5.76 Å². The van der Waals surface area contributed by atoms with Gasteiger partial charge in [0.2, 0.25) is 0 Å². The quantitative estimate of drug-likeness (QED) is 0.547. The SMILES string of the molecule is Cc1ccc(C(=O)N/N=C2\CCCc3oc(C(=O)Nc4cccc(Cl)c4)c(C)c32)cc1. The second kappa shape index (κ2) is 8.78. The third-order valence-corrected chi connectivity index (χ3v) is 5.46. The van der Waals surface area contributed by atoms with Gasteiger partial charge in [0.05, 0.1) is 5.71 Å². The molecule has 0 spiro atoms. The van der Waals surface area contributed by atoms with Crippen LogP contribution in [0.5, 0.6) is 0 Å². The first-order valence-corrected chi connectivity index (χ1v) is 10.4. The summed E-state index contributed by atoms with van der Waals surface area (Å²) in [5.74, 6) is 0.324. The van der Waals surface area contributed by atoms with E-state index < -0.39 is 0 Å². The van der Waals surface area contributed by atoms with Gasteiger partial charge in [-0.05, 0) is 57.0 Å². The molecule has 0 saturated carbocycles. The highest BCUT2D eigenvalue weighted by Gasteiger charge is 2.28. The minimum atomic E-state index is -0.350. The van der Waals surface area contributed by atoms with Crippen molar-refractivity contribution in [1.29, 1.82) is 0 Å². The number of halogens is 1. The van der Waals surface area contributed by atoms with Crippen molar-refractivity contribution in [3.8, 4) is 0 Å². The monoisotopic (exact) mass is 435 g/mol.